The van der Waals surface area contributed by atoms with Crippen molar-refractivity contribution in [3.05, 3.63) is 66.1 Å². The number of aromatic nitrogens is 1. The Morgan fingerprint density at radius 2 is 1.86 bits per heavy atom. The largest absolute Gasteiger partial charge is 0.338 e. The number of hydroxylamine groups is 1. The van der Waals surface area contributed by atoms with E-state index in [0.29, 0.717) is 12.8 Å². The number of carbonyl (C=O) groups is 1. The molecule has 0 fully saturated rings. The normalized spacial score (nSPS) is 11.6. The number of rotatable bonds is 8. The number of hydrogen-bond donors (Lipinski definition) is 2. The Hall–Kier alpha value is -2.92. The molecule has 4 nitrogen and oxygen atoms in total. The van der Waals surface area contributed by atoms with Crippen LogP contribution in [0.25, 0.3) is 28.1 Å². The summed E-state index contributed by atoms with van der Waals surface area (Å²) in [7, 11) is 0. The summed E-state index contributed by atoms with van der Waals surface area (Å²) < 4.78 is 15.8. The minimum absolute atomic E-state index is 0.245. The quantitative estimate of drug-likeness (QED) is 0.275. The fourth-order valence-corrected chi connectivity index (χ4v) is 3.72. The van der Waals surface area contributed by atoms with E-state index >= 15 is 0 Å². The molecule has 152 valence electrons. The fraction of sp³-hybridized carbons (Fsp3) is 0.292. The van der Waals surface area contributed by atoms with Gasteiger partial charge in [-0.25, -0.2) is 9.87 Å². The number of benzene rings is 2. The van der Waals surface area contributed by atoms with Crippen molar-refractivity contribution in [2.75, 3.05) is 0 Å². The van der Waals surface area contributed by atoms with Crippen LogP contribution in [-0.4, -0.2) is 15.7 Å². The molecule has 0 saturated heterocycles. The zero-order valence-electron chi connectivity index (χ0n) is 16.9. The minimum atomic E-state index is -0.354. The summed E-state index contributed by atoms with van der Waals surface area (Å²) in [5.41, 5.74) is 6.00. The van der Waals surface area contributed by atoms with Gasteiger partial charge in [0.2, 0.25) is 5.91 Å². The third-order valence-electron chi connectivity index (χ3n) is 5.02. The van der Waals surface area contributed by atoms with Crippen molar-refractivity contribution in [1.82, 2.24) is 10.0 Å². The molecular formula is C24H27FN2O2. The zero-order chi connectivity index (χ0) is 20.8. The Bertz CT molecular complexity index is 1000. The number of nitrogens with zero attached hydrogens (tertiary/aromatic N) is 1. The highest BCUT2D eigenvalue weighted by Gasteiger charge is 2.18. The first-order valence-electron chi connectivity index (χ1n) is 10.0. The van der Waals surface area contributed by atoms with Gasteiger partial charge in [-0.3, -0.25) is 10.0 Å². The minimum Gasteiger partial charge on any atom is -0.338 e. The van der Waals surface area contributed by atoms with Crippen molar-refractivity contribution in [1.29, 1.82) is 0 Å². The van der Waals surface area contributed by atoms with Crippen molar-refractivity contribution < 1.29 is 14.4 Å². The van der Waals surface area contributed by atoms with Crippen molar-refractivity contribution in [2.24, 2.45) is 0 Å². The zero-order valence-corrected chi connectivity index (χ0v) is 16.9. The van der Waals surface area contributed by atoms with Crippen LogP contribution in [-0.2, 0) is 4.79 Å². The summed E-state index contributed by atoms with van der Waals surface area (Å²) in [6.45, 7) is 4.32. The van der Waals surface area contributed by atoms with Gasteiger partial charge in [-0.05, 0) is 62.9 Å². The third kappa shape index (κ3) is 4.74. The van der Waals surface area contributed by atoms with E-state index in [1.54, 1.807) is 5.48 Å². The molecule has 0 radical (unpaired) electrons. The molecule has 3 aromatic rings. The highest BCUT2D eigenvalue weighted by Crippen LogP contribution is 2.37. The van der Waals surface area contributed by atoms with Gasteiger partial charge in [-0.1, -0.05) is 36.4 Å². The predicted molar refractivity (Wildman–Crippen MR) is 115 cm³/mol. The number of nitrogens with one attached hydrogen (secondary N) is 1. The molecule has 2 aromatic carbocycles. The van der Waals surface area contributed by atoms with Crippen LogP contribution in [0.4, 0.5) is 4.39 Å². The molecule has 3 rings (SSSR count). The molecule has 5 heteroatoms. The van der Waals surface area contributed by atoms with Crippen LogP contribution in [0.5, 0.6) is 0 Å². The highest BCUT2D eigenvalue weighted by molar-refractivity contribution is 6.01. The van der Waals surface area contributed by atoms with Crippen LogP contribution >= 0.6 is 0 Å². The van der Waals surface area contributed by atoms with E-state index in [-0.39, 0.29) is 17.8 Å². The number of fused-ring (bicyclic) bond motifs is 1. The average Bonchev–Trinajstić information content (AvgIpc) is 3.05. The number of hydrogen-bond acceptors (Lipinski definition) is 2. The van der Waals surface area contributed by atoms with E-state index in [1.165, 1.54) is 12.1 Å². The SMILES string of the molecule is CC(C)n1c(/C=C/CCCCC(=O)NO)c(-c2ccc(F)cc2)c2ccccc21. The number of halogens is 1. The molecule has 0 saturated carbocycles. The van der Waals surface area contributed by atoms with Gasteiger partial charge in [-0.15, -0.1) is 0 Å². The molecule has 0 aliphatic carbocycles. The predicted octanol–water partition coefficient (Wildman–Crippen LogP) is 6.11. The smallest absolute Gasteiger partial charge is 0.243 e. The van der Waals surface area contributed by atoms with Crippen molar-refractivity contribution in [3.63, 3.8) is 0 Å². The van der Waals surface area contributed by atoms with E-state index in [4.69, 9.17) is 5.21 Å². The summed E-state index contributed by atoms with van der Waals surface area (Å²) in [5, 5.41) is 9.70. The van der Waals surface area contributed by atoms with Crippen molar-refractivity contribution >= 4 is 22.9 Å². The molecule has 0 atom stereocenters. The molecule has 0 spiro atoms. The Morgan fingerprint density at radius 1 is 1.14 bits per heavy atom. The van der Waals surface area contributed by atoms with E-state index in [9.17, 15) is 9.18 Å². The second kappa shape index (κ2) is 9.52. The lowest BCUT2D eigenvalue weighted by molar-refractivity contribution is -0.129. The first kappa shape index (κ1) is 20.8. The van der Waals surface area contributed by atoms with Gasteiger partial charge < -0.3 is 4.57 Å². The molecule has 1 amide bonds. The van der Waals surface area contributed by atoms with E-state index in [1.807, 2.05) is 24.3 Å². The molecule has 2 N–H and O–H groups in total. The molecule has 1 heterocycles. The van der Waals surface area contributed by atoms with Gasteiger partial charge in [0, 0.05) is 34.6 Å². The molecule has 29 heavy (non-hydrogen) atoms. The number of amides is 1. The number of unbranched alkanes of at least 4 members (excludes halogenated alkanes) is 2. The summed E-state index contributed by atoms with van der Waals surface area (Å²) in [6.07, 6.45) is 6.98. The fourth-order valence-electron chi connectivity index (χ4n) is 3.72. The maximum atomic E-state index is 13.5. The lowest BCUT2D eigenvalue weighted by Gasteiger charge is -2.13. The topological polar surface area (TPSA) is 54.3 Å². The lowest BCUT2D eigenvalue weighted by Crippen LogP contribution is -2.17. The van der Waals surface area contributed by atoms with Crippen LogP contribution in [0.15, 0.2) is 54.6 Å². The number of para-hydroxylation sites is 1. The Labute approximate surface area is 170 Å². The monoisotopic (exact) mass is 394 g/mol. The van der Waals surface area contributed by atoms with Gasteiger partial charge in [0.15, 0.2) is 0 Å². The first-order chi connectivity index (χ1) is 14.0. The Kier molecular flexibility index (Phi) is 6.83. The van der Waals surface area contributed by atoms with Crippen LogP contribution in [0, 0.1) is 5.82 Å². The number of allylic oxidation sites excluding steroid dienone is 1. The Morgan fingerprint density at radius 3 is 2.55 bits per heavy atom. The molecule has 0 aliphatic heterocycles. The van der Waals surface area contributed by atoms with Crippen molar-refractivity contribution in [2.45, 2.75) is 45.6 Å². The third-order valence-corrected chi connectivity index (χ3v) is 5.02. The highest BCUT2D eigenvalue weighted by atomic mass is 19.1. The van der Waals surface area contributed by atoms with Crippen LogP contribution in [0.2, 0.25) is 0 Å². The molecule has 1 aromatic heterocycles. The molecule has 0 aliphatic rings. The number of carbonyl (C=O) groups excluding carboxylic acids is 1. The summed E-state index contributed by atoms with van der Waals surface area (Å²) >= 11 is 0. The van der Waals surface area contributed by atoms with Gasteiger partial charge in [-0.2, -0.15) is 0 Å². The Balaban J connectivity index is 1.97. The van der Waals surface area contributed by atoms with E-state index < -0.39 is 0 Å². The summed E-state index contributed by atoms with van der Waals surface area (Å²) in [4.78, 5) is 11.1. The van der Waals surface area contributed by atoms with Gasteiger partial charge in [0.05, 0.1) is 0 Å². The van der Waals surface area contributed by atoms with E-state index in [0.717, 1.165) is 40.6 Å². The van der Waals surface area contributed by atoms with Gasteiger partial charge in [0.25, 0.3) is 0 Å². The lowest BCUT2D eigenvalue weighted by atomic mass is 10.0. The maximum absolute atomic E-state index is 13.5. The molecule has 0 unspecified atom stereocenters. The summed E-state index contributed by atoms with van der Waals surface area (Å²) in [6, 6.07) is 15.2. The molecular weight excluding hydrogens is 367 g/mol. The maximum Gasteiger partial charge on any atom is 0.243 e. The molecule has 0 bridgehead atoms. The standard InChI is InChI=1S/C24H27FN2O2/c1-17(2)27-21-10-8-7-9-20(21)24(18-13-15-19(25)16-14-18)22(27)11-5-3-4-6-12-23(28)26-29/h5,7-11,13-17,29H,3-4,6,12H2,1-2H3,(H,26,28)/b11-5+. The van der Waals surface area contributed by atoms with Gasteiger partial charge >= 0.3 is 0 Å². The van der Waals surface area contributed by atoms with Crippen LogP contribution in [0.1, 0.15) is 51.3 Å². The van der Waals surface area contributed by atoms with Crippen molar-refractivity contribution in [3.8, 4) is 11.1 Å². The summed E-state index contributed by atoms with van der Waals surface area (Å²) in [5.74, 6) is -0.599. The van der Waals surface area contributed by atoms with Crippen LogP contribution < -0.4 is 5.48 Å². The first-order valence-corrected chi connectivity index (χ1v) is 10.0. The second-order valence-electron chi connectivity index (χ2n) is 7.43. The van der Waals surface area contributed by atoms with Crippen LogP contribution in [0.3, 0.4) is 0 Å². The van der Waals surface area contributed by atoms with E-state index in [2.05, 4.69) is 42.7 Å². The second-order valence-corrected chi connectivity index (χ2v) is 7.43. The average molecular weight is 394 g/mol. The van der Waals surface area contributed by atoms with Gasteiger partial charge in [0.1, 0.15) is 5.82 Å².